The van der Waals surface area contributed by atoms with Crippen molar-refractivity contribution in [3.63, 3.8) is 0 Å². The molecule has 1 amide bonds. The molecule has 4 N–H and O–H groups in total. The Balaban J connectivity index is 1.91. The number of carbonyl (C=O) groups excluding carboxylic acids is 1. The number of nitrogens with one attached hydrogen (secondary N) is 4. The number of halogens is 4. The molecule has 0 spiro atoms. The zero-order valence-corrected chi connectivity index (χ0v) is 15.2. The second-order valence-corrected chi connectivity index (χ2v) is 6.68. The summed E-state index contributed by atoms with van der Waals surface area (Å²) < 4.78 is 56.7. The molecule has 0 aromatic heterocycles. The highest BCUT2D eigenvalue weighted by atomic mass is 19.4. The first-order valence-corrected chi connectivity index (χ1v) is 9.21. The van der Waals surface area contributed by atoms with Crippen molar-refractivity contribution in [3.05, 3.63) is 0 Å². The van der Waals surface area contributed by atoms with Gasteiger partial charge in [0.05, 0.1) is 19.3 Å². The SMILES string of the molecule is CCOCCN=C(NC(=O)C1CCC(F)CC1)NC1CC(C(F)(F)F)NN1. The highest BCUT2D eigenvalue weighted by Gasteiger charge is 2.44. The van der Waals surface area contributed by atoms with Gasteiger partial charge in [-0.15, -0.1) is 0 Å². The minimum absolute atomic E-state index is 0.0872. The Labute approximate surface area is 155 Å². The van der Waals surface area contributed by atoms with Crippen molar-refractivity contribution in [2.45, 2.75) is 63.6 Å². The van der Waals surface area contributed by atoms with E-state index in [1.165, 1.54) is 0 Å². The highest BCUT2D eigenvalue weighted by Crippen LogP contribution is 2.26. The van der Waals surface area contributed by atoms with Crippen molar-refractivity contribution in [3.8, 4) is 0 Å². The summed E-state index contributed by atoms with van der Waals surface area (Å²) in [5.41, 5.74) is 4.69. The molecular weight excluding hydrogens is 370 g/mol. The van der Waals surface area contributed by atoms with Crippen molar-refractivity contribution in [2.24, 2.45) is 10.9 Å². The van der Waals surface area contributed by atoms with Gasteiger partial charge < -0.3 is 10.1 Å². The smallest absolute Gasteiger partial charge is 0.380 e. The Morgan fingerprint density at radius 1 is 1.22 bits per heavy atom. The van der Waals surface area contributed by atoms with Gasteiger partial charge in [0.2, 0.25) is 5.91 Å². The minimum Gasteiger partial charge on any atom is -0.380 e. The number of hydrazine groups is 1. The van der Waals surface area contributed by atoms with Crippen LogP contribution in [0.5, 0.6) is 0 Å². The van der Waals surface area contributed by atoms with Gasteiger partial charge in [0.1, 0.15) is 12.2 Å². The summed E-state index contributed by atoms with van der Waals surface area (Å²) in [6.07, 6.45) is -4.69. The van der Waals surface area contributed by atoms with Crippen molar-refractivity contribution >= 4 is 11.9 Å². The molecule has 2 rings (SSSR count). The van der Waals surface area contributed by atoms with Crippen LogP contribution < -0.4 is 21.5 Å². The molecule has 2 unspecified atom stereocenters. The Kier molecular flexibility index (Phi) is 8.24. The van der Waals surface area contributed by atoms with E-state index in [1.807, 2.05) is 6.92 Å². The monoisotopic (exact) mass is 397 g/mol. The Morgan fingerprint density at radius 3 is 2.52 bits per heavy atom. The number of aliphatic imine (C=N–C) groups is 1. The molecule has 0 bridgehead atoms. The first kappa shape index (κ1) is 21.8. The predicted octanol–water partition coefficient (Wildman–Crippen LogP) is 1.37. The van der Waals surface area contributed by atoms with Crippen LogP contribution in [0.1, 0.15) is 39.0 Å². The molecule has 2 fully saturated rings. The molecule has 2 aliphatic rings. The Bertz CT molecular complexity index is 510. The summed E-state index contributed by atoms with van der Waals surface area (Å²) >= 11 is 0. The van der Waals surface area contributed by atoms with Crippen LogP contribution in [0.4, 0.5) is 17.6 Å². The molecule has 1 aliphatic carbocycles. The summed E-state index contributed by atoms with van der Waals surface area (Å²) in [5, 5.41) is 5.42. The van der Waals surface area contributed by atoms with Gasteiger partial charge in [0.15, 0.2) is 5.96 Å². The summed E-state index contributed by atoms with van der Waals surface area (Å²) in [6.45, 7) is 2.91. The van der Waals surface area contributed by atoms with Crippen molar-refractivity contribution in [1.29, 1.82) is 0 Å². The second-order valence-electron chi connectivity index (χ2n) is 6.68. The fourth-order valence-corrected chi connectivity index (χ4v) is 3.05. The zero-order valence-electron chi connectivity index (χ0n) is 15.2. The maximum Gasteiger partial charge on any atom is 0.405 e. The van der Waals surface area contributed by atoms with Crippen molar-refractivity contribution in [2.75, 3.05) is 19.8 Å². The molecule has 2 atom stereocenters. The van der Waals surface area contributed by atoms with E-state index >= 15 is 0 Å². The molecule has 0 radical (unpaired) electrons. The first-order chi connectivity index (χ1) is 12.8. The number of carbonyl (C=O) groups is 1. The number of amides is 1. The third-order valence-corrected chi connectivity index (χ3v) is 4.59. The van der Waals surface area contributed by atoms with Gasteiger partial charge in [-0.3, -0.25) is 15.1 Å². The first-order valence-electron chi connectivity index (χ1n) is 9.21. The average Bonchev–Trinajstić information content (AvgIpc) is 3.08. The van der Waals surface area contributed by atoms with Gasteiger partial charge >= 0.3 is 6.18 Å². The molecule has 7 nitrogen and oxygen atoms in total. The molecule has 1 heterocycles. The fourth-order valence-electron chi connectivity index (χ4n) is 3.05. The van der Waals surface area contributed by atoms with Crippen molar-refractivity contribution < 1.29 is 27.1 Å². The number of nitrogens with zero attached hydrogens (tertiary/aromatic N) is 1. The molecule has 156 valence electrons. The van der Waals surface area contributed by atoms with Crippen LogP contribution in [-0.2, 0) is 9.53 Å². The lowest BCUT2D eigenvalue weighted by Crippen LogP contribution is -2.52. The number of ether oxygens (including phenoxy) is 1. The third kappa shape index (κ3) is 7.23. The maximum atomic E-state index is 13.2. The molecular formula is C16H27F4N5O2. The van der Waals surface area contributed by atoms with E-state index in [1.54, 1.807) is 0 Å². The predicted molar refractivity (Wildman–Crippen MR) is 91.4 cm³/mol. The van der Waals surface area contributed by atoms with Crippen LogP contribution in [-0.4, -0.2) is 56.2 Å². The van der Waals surface area contributed by atoms with E-state index in [4.69, 9.17) is 4.74 Å². The van der Waals surface area contributed by atoms with Crippen LogP contribution in [0.15, 0.2) is 4.99 Å². The topological polar surface area (TPSA) is 86.8 Å². The summed E-state index contributed by atoms with van der Waals surface area (Å²) in [7, 11) is 0. The maximum absolute atomic E-state index is 13.2. The van der Waals surface area contributed by atoms with E-state index in [9.17, 15) is 22.4 Å². The summed E-state index contributed by atoms with van der Waals surface area (Å²) in [6, 6.07) is -1.68. The van der Waals surface area contributed by atoms with Gasteiger partial charge in [0.25, 0.3) is 0 Å². The van der Waals surface area contributed by atoms with Crippen LogP contribution >= 0.6 is 0 Å². The molecule has 0 aromatic rings. The number of alkyl halides is 4. The Hall–Kier alpha value is -1.46. The van der Waals surface area contributed by atoms with E-state index in [0.717, 1.165) is 0 Å². The molecule has 27 heavy (non-hydrogen) atoms. The van der Waals surface area contributed by atoms with E-state index in [2.05, 4.69) is 26.5 Å². The van der Waals surface area contributed by atoms with Crippen LogP contribution in [0.3, 0.4) is 0 Å². The lowest BCUT2D eigenvalue weighted by molar-refractivity contribution is -0.153. The molecule has 1 saturated heterocycles. The summed E-state index contributed by atoms with van der Waals surface area (Å²) in [4.78, 5) is 16.6. The zero-order chi connectivity index (χ0) is 19.9. The standard InChI is InChI=1S/C16H27F4N5O2/c1-2-27-8-7-21-15(22-13-9-12(24-25-13)16(18,19)20)23-14(26)10-3-5-11(17)6-4-10/h10-13,24-25H,2-9H2,1H3,(H2,21,22,23,26). The average molecular weight is 397 g/mol. The Morgan fingerprint density at radius 2 is 1.93 bits per heavy atom. The van der Waals surface area contributed by atoms with E-state index in [0.29, 0.717) is 38.9 Å². The summed E-state index contributed by atoms with van der Waals surface area (Å²) in [5.74, 6) is -0.541. The molecule has 0 aromatic carbocycles. The van der Waals surface area contributed by atoms with Gasteiger partial charge in [-0.25, -0.2) is 15.2 Å². The number of guanidine groups is 1. The molecule has 11 heteroatoms. The van der Waals surface area contributed by atoms with Gasteiger partial charge in [0, 0.05) is 18.9 Å². The van der Waals surface area contributed by atoms with Crippen LogP contribution in [0, 0.1) is 5.92 Å². The van der Waals surface area contributed by atoms with Gasteiger partial charge in [-0.1, -0.05) is 0 Å². The minimum atomic E-state index is -4.37. The lowest BCUT2D eigenvalue weighted by atomic mass is 9.87. The van der Waals surface area contributed by atoms with Gasteiger partial charge in [-0.05, 0) is 32.6 Å². The normalized spacial score (nSPS) is 29.6. The fraction of sp³-hybridized carbons (Fsp3) is 0.875. The lowest BCUT2D eigenvalue weighted by Gasteiger charge is -2.24. The van der Waals surface area contributed by atoms with E-state index < -0.39 is 24.6 Å². The number of hydrogen-bond donors (Lipinski definition) is 4. The number of rotatable bonds is 6. The second kappa shape index (κ2) is 10.2. The largest absolute Gasteiger partial charge is 0.405 e. The van der Waals surface area contributed by atoms with Crippen LogP contribution in [0.25, 0.3) is 0 Å². The van der Waals surface area contributed by atoms with Crippen molar-refractivity contribution in [1.82, 2.24) is 21.5 Å². The van der Waals surface area contributed by atoms with Gasteiger partial charge in [-0.2, -0.15) is 13.2 Å². The van der Waals surface area contributed by atoms with E-state index in [-0.39, 0.29) is 30.8 Å². The molecule has 1 aliphatic heterocycles. The quantitative estimate of drug-likeness (QED) is 0.235. The molecule has 1 saturated carbocycles. The number of hydrogen-bond acceptors (Lipinski definition) is 5. The highest BCUT2D eigenvalue weighted by molar-refractivity contribution is 5.98. The third-order valence-electron chi connectivity index (χ3n) is 4.59. The van der Waals surface area contributed by atoms with Crippen LogP contribution in [0.2, 0.25) is 0 Å².